The van der Waals surface area contributed by atoms with Gasteiger partial charge in [0.15, 0.2) is 5.96 Å². The summed E-state index contributed by atoms with van der Waals surface area (Å²) >= 11 is 6.07. The van der Waals surface area contributed by atoms with E-state index < -0.39 is 0 Å². The van der Waals surface area contributed by atoms with Crippen molar-refractivity contribution in [2.75, 3.05) is 44.2 Å². The third-order valence-electron chi connectivity index (χ3n) is 4.25. The SMILES string of the molecule is CCC(C)NC(N)=NCCN1CCN(c2cccc(Cl)c2)CC1.I. The molecule has 3 N–H and O–H groups in total. The van der Waals surface area contributed by atoms with Crippen LogP contribution >= 0.6 is 35.6 Å². The van der Waals surface area contributed by atoms with Gasteiger partial charge in [0.05, 0.1) is 6.54 Å². The van der Waals surface area contributed by atoms with Crippen molar-refractivity contribution in [2.45, 2.75) is 26.3 Å². The smallest absolute Gasteiger partial charge is 0.188 e. The maximum Gasteiger partial charge on any atom is 0.188 e. The molecule has 1 saturated heterocycles. The van der Waals surface area contributed by atoms with Crippen molar-refractivity contribution < 1.29 is 0 Å². The lowest BCUT2D eigenvalue weighted by Gasteiger charge is -2.35. The van der Waals surface area contributed by atoms with Gasteiger partial charge in [-0.25, -0.2) is 0 Å². The van der Waals surface area contributed by atoms with Crippen molar-refractivity contribution in [1.82, 2.24) is 10.2 Å². The van der Waals surface area contributed by atoms with Crippen molar-refractivity contribution in [3.05, 3.63) is 29.3 Å². The Morgan fingerprint density at radius 1 is 1.33 bits per heavy atom. The molecule has 1 aliphatic heterocycles. The summed E-state index contributed by atoms with van der Waals surface area (Å²) < 4.78 is 0. The van der Waals surface area contributed by atoms with Crippen LogP contribution in [0.1, 0.15) is 20.3 Å². The average Bonchev–Trinajstić information content (AvgIpc) is 2.55. The number of rotatable bonds is 6. The number of nitrogens with zero attached hydrogens (tertiary/aromatic N) is 3. The quantitative estimate of drug-likeness (QED) is 0.385. The maximum atomic E-state index is 6.07. The number of guanidine groups is 1. The van der Waals surface area contributed by atoms with E-state index in [2.05, 4.69) is 40.0 Å². The number of halogens is 2. The van der Waals surface area contributed by atoms with Crippen molar-refractivity contribution >= 4 is 47.2 Å². The molecule has 1 fully saturated rings. The number of hydrogen-bond acceptors (Lipinski definition) is 3. The van der Waals surface area contributed by atoms with Crippen LogP contribution in [0.4, 0.5) is 5.69 Å². The van der Waals surface area contributed by atoms with Crippen LogP contribution in [0.5, 0.6) is 0 Å². The first-order valence-electron chi connectivity index (χ1n) is 8.37. The van der Waals surface area contributed by atoms with E-state index in [4.69, 9.17) is 17.3 Å². The molecule has 0 saturated carbocycles. The van der Waals surface area contributed by atoms with Crippen molar-refractivity contribution in [1.29, 1.82) is 0 Å². The van der Waals surface area contributed by atoms with Crippen LogP contribution in [0.15, 0.2) is 29.3 Å². The van der Waals surface area contributed by atoms with Crippen LogP contribution in [0.3, 0.4) is 0 Å². The van der Waals surface area contributed by atoms with E-state index in [1.807, 2.05) is 18.2 Å². The van der Waals surface area contributed by atoms with E-state index in [1.165, 1.54) is 5.69 Å². The Bertz CT molecular complexity index is 517. The maximum absolute atomic E-state index is 6.07. The molecule has 5 nitrogen and oxygen atoms in total. The van der Waals surface area contributed by atoms with Gasteiger partial charge in [-0.1, -0.05) is 24.6 Å². The number of nitrogens with two attached hydrogens (primary N) is 1. The highest BCUT2D eigenvalue weighted by atomic mass is 127. The Hall–Kier alpha value is -0.730. The van der Waals surface area contributed by atoms with Gasteiger partial charge in [-0.3, -0.25) is 9.89 Å². The number of hydrogen-bond donors (Lipinski definition) is 2. The molecule has 1 unspecified atom stereocenters. The van der Waals surface area contributed by atoms with Gasteiger partial charge >= 0.3 is 0 Å². The summed E-state index contributed by atoms with van der Waals surface area (Å²) in [5, 5.41) is 3.98. The molecular weight excluding hydrogens is 437 g/mol. The highest BCUT2D eigenvalue weighted by molar-refractivity contribution is 14.0. The van der Waals surface area contributed by atoms with E-state index >= 15 is 0 Å². The minimum Gasteiger partial charge on any atom is -0.370 e. The van der Waals surface area contributed by atoms with Gasteiger partial charge in [0.25, 0.3) is 0 Å². The molecular formula is C17H29ClIN5. The Kier molecular flexibility index (Phi) is 9.76. The first-order chi connectivity index (χ1) is 11.1. The van der Waals surface area contributed by atoms with Crippen LogP contribution in [0.2, 0.25) is 5.02 Å². The lowest BCUT2D eigenvalue weighted by atomic mass is 10.2. The first kappa shape index (κ1) is 21.3. The van der Waals surface area contributed by atoms with E-state index in [-0.39, 0.29) is 24.0 Å². The molecule has 0 aromatic heterocycles. The monoisotopic (exact) mass is 465 g/mol. The number of benzene rings is 1. The Morgan fingerprint density at radius 2 is 2.04 bits per heavy atom. The predicted octanol–water partition coefficient (Wildman–Crippen LogP) is 2.78. The summed E-state index contributed by atoms with van der Waals surface area (Å²) in [6.45, 7) is 10.1. The zero-order valence-electron chi connectivity index (χ0n) is 14.5. The van der Waals surface area contributed by atoms with E-state index in [0.29, 0.717) is 12.0 Å². The van der Waals surface area contributed by atoms with Crippen LogP contribution in [-0.2, 0) is 0 Å². The molecule has 136 valence electrons. The molecule has 24 heavy (non-hydrogen) atoms. The van der Waals surface area contributed by atoms with Gasteiger partial charge < -0.3 is 16.0 Å². The largest absolute Gasteiger partial charge is 0.370 e. The topological polar surface area (TPSA) is 56.9 Å². The number of nitrogens with one attached hydrogen (secondary N) is 1. The minimum atomic E-state index is 0. The van der Waals surface area contributed by atoms with Crippen molar-refractivity contribution in [3.63, 3.8) is 0 Å². The fraction of sp³-hybridized carbons (Fsp3) is 0.588. The number of anilines is 1. The Morgan fingerprint density at radius 3 is 2.67 bits per heavy atom. The van der Waals surface area contributed by atoms with Gasteiger partial charge in [-0.15, -0.1) is 24.0 Å². The number of piperazine rings is 1. The van der Waals surface area contributed by atoms with Crippen molar-refractivity contribution in [3.8, 4) is 0 Å². The summed E-state index contributed by atoms with van der Waals surface area (Å²) in [6.07, 6.45) is 1.04. The molecule has 1 aromatic rings. The summed E-state index contributed by atoms with van der Waals surface area (Å²) in [5.41, 5.74) is 7.08. The fourth-order valence-electron chi connectivity index (χ4n) is 2.61. The zero-order chi connectivity index (χ0) is 16.7. The van der Waals surface area contributed by atoms with Gasteiger partial charge in [0, 0.05) is 49.5 Å². The second-order valence-corrected chi connectivity index (χ2v) is 6.47. The summed E-state index contributed by atoms with van der Waals surface area (Å²) in [5.74, 6) is 0.553. The van der Waals surface area contributed by atoms with Gasteiger partial charge in [0.2, 0.25) is 0 Å². The molecule has 2 rings (SSSR count). The van der Waals surface area contributed by atoms with Gasteiger partial charge in [0.1, 0.15) is 0 Å². The lowest BCUT2D eigenvalue weighted by molar-refractivity contribution is 0.265. The molecule has 7 heteroatoms. The summed E-state index contributed by atoms with van der Waals surface area (Å²) in [4.78, 5) is 9.22. The zero-order valence-corrected chi connectivity index (χ0v) is 17.6. The van der Waals surface area contributed by atoms with E-state index in [9.17, 15) is 0 Å². The average molecular weight is 466 g/mol. The molecule has 1 atom stereocenters. The van der Waals surface area contributed by atoms with E-state index in [0.717, 1.165) is 50.7 Å². The lowest BCUT2D eigenvalue weighted by Crippen LogP contribution is -2.47. The van der Waals surface area contributed by atoms with E-state index in [1.54, 1.807) is 0 Å². The molecule has 0 bridgehead atoms. The Labute approximate surface area is 167 Å². The summed E-state index contributed by atoms with van der Waals surface area (Å²) in [6, 6.07) is 8.44. The molecule has 0 aliphatic carbocycles. The second-order valence-electron chi connectivity index (χ2n) is 6.03. The van der Waals surface area contributed by atoms with Crippen LogP contribution < -0.4 is 16.0 Å². The highest BCUT2D eigenvalue weighted by Crippen LogP contribution is 2.20. The fourth-order valence-corrected chi connectivity index (χ4v) is 2.80. The molecule has 0 spiro atoms. The third kappa shape index (κ3) is 7.03. The number of aliphatic imine (C=N–C) groups is 1. The molecule has 1 aromatic carbocycles. The van der Waals surface area contributed by atoms with Gasteiger partial charge in [-0.2, -0.15) is 0 Å². The molecule has 1 aliphatic rings. The minimum absolute atomic E-state index is 0. The van der Waals surface area contributed by atoms with Crippen LogP contribution in [-0.4, -0.2) is 56.2 Å². The second kappa shape index (κ2) is 11.0. The summed E-state index contributed by atoms with van der Waals surface area (Å²) in [7, 11) is 0. The molecule has 0 radical (unpaired) electrons. The Balaban J connectivity index is 0.00000288. The predicted molar refractivity (Wildman–Crippen MR) is 115 cm³/mol. The molecule has 0 amide bonds. The normalized spacial score (nSPS) is 17.3. The van der Waals surface area contributed by atoms with Crippen LogP contribution in [0.25, 0.3) is 0 Å². The highest BCUT2D eigenvalue weighted by Gasteiger charge is 2.16. The van der Waals surface area contributed by atoms with Crippen molar-refractivity contribution in [2.24, 2.45) is 10.7 Å². The van der Waals surface area contributed by atoms with Gasteiger partial charge in [-0.05, 0) is 31.5 Å². The standard InChI is InChI=1S/C17H28ClN5.HI/c1-3-14(2)21-17(19)20-7-8-22-9-11-23(12-10-22)16-6-4-5-15(18)13-16;/h4-6,13-14H,3,7-12H2,1-2H3,(H3,19,20,21);1H. The first-order valence-corrected chi connectivity index (χ1v) is 8.75. The van der Waals surface area contributed by atoms with Crippen LogP contribution in [0, 0.1) is 0 Å². The molecule has 1 heterocycles. The third-order valence-corrected chi connectivity index (χ3v) is 4.49.